The zero-order chi connectivity index (χ0) is 15.6. The van der Waals surface area contributed by atoms with Crippen LogP contribution in [0.2, 0.25) is 5.02 Å². The van der Waals surface area contributed by atoms with Crippen molar-refractivity contribution in [2.24, 2.45) is 0 Å². The van der Waals surface area contributed by atoms with Gasteiger partial charge >= 0.3 is 0 Å². The molecule has 2 aromatic carbocycles. The number of halogens is 2. The first-order valence-corrected chi connectivity index (χ1v) is 6.79. The number of phenols is 1. The highest BCUT2D eigenvalue weighted by Gasteiger charge is 2.21. The van der Waals surface area contributed by atoms with Crippen molar-refractivity contribution < 1.29 is 14.8 Å². The smallest absolute Gasteiger partial charge is 0.282 e. The Balaban J connectivity index is 2.34. The van der Waals surface area contributed by atoms with Crippen LogP contribution in [0.5, 0.6) is 5.75 Å². The van der Waals surface area contributed by atoms with Gasteiger partial charge < -0.3 is 10.4 Å². The van der Waals surface area contributed by atoms with Crippen LogP contribution >= 0.6 is 27.5 Å². The molecule has 0 saturated heterocycles. The second-order valence-corrected chi connectivity index (χ2v) is 5.30. The number of anilines is 1. The predicted molar refractivity (Wildman–Crippen MR) is 81.9 cm³/mol. The molecule has 0 aliphatic rings. The van der Waals surface area contributed by atoms with Gasteiger partial charge in [0.25, 0.3) is 11.6 Å². The number of rotatable bonds is 3. The Bertz CT molecular complexity index is 736. The van der Waals surface area contributed by atoms with Crippen LogP contribution in [0.15, 0.2) is 40.9 Å². The molecule has 0 fully saturated rings. The third-order valence-electron chi connectivity index (χ3n) is 2.60. The van der Waals surface area contributed by atoms with E-state index in [1.165, 1.54) is 6.07 Å². The summed E-state index contributed by atoms with van der Waals surface area (Å²) in [6, 6.07) is 7.97. The van der Waals surface area contributed by atoms with E-state index in [1.807, 2.05) is 0 Å². The minimum atomic E-state index is -0.712. The van der Waals surface area contributed by atoms with Crippen molar-refractivity contribution in [3.05, 3.63) is 61.6 Å². The minimum absolute atomic E-state index is 0.236. The molecular weight excluding hydrogens is 364 g/mol. The summed E-state index contributed by atoms with van der Waals surface area (Å²) in [5, 5.41) is 23.2. The Kier molecular flexibility index (Phi) is 4.44. The van der Waals surface area contributed by atoms with E-state index in [0.29, 0.717) is 15.2 Å². The second kappa shape index (κ2) is 6.11. The van der Waals surface area contributed by atoms with Gasteiger partial charge in [0, 0.05) is 16.2 Å². The minimum Gasteiger partial charge on any atom is -0.508 e. The molecule has 108 valence electrons. The van der Waals surface area contributed by atoms with E-state index in [1.54, 1.807) is 12.1 Å². The number of aromatic hydroxyl groups is 1. The molecule has 0 aromatic heterocycles. The number of nitrogens with zero attached hydrogens (tertiary/aromatic N) is 1. The lowest BCUT2D eigenvalue weighted by Crippen LogP contribution is -2.13. The largest absolute Gasteiger partial charge is 0.508 e. The highest BCUT2D eigenvalue weighted by molar-refractivity contribution is 9.10. The number of carbonyl (C=O) groups is 1. The molecule has 0 aliphatic carbocycles. The molecule has 0 radical (unpaired) electrons. The molecule has 0 heterocycles. The van der Waals surface area contributed by atoms with Crippen LogP contribution in [0, 0.1) is 10.1 Å². The van der Waals surface area contributed by atoms with Crippen LogP contribution in [-0.4, -0.2) is 15.9 Å². The molecule has 6 nitrogen and oxygen atoms in total. The van der Waals surface area contributed by atoms with E-state index in [4.69, 9.17) is 11.6 Å². The first-order chi connectivity index (χ1) is 9.88. The second-order valence-electron chi connectivity index (χ2n) is 4.04. The highest BCUT2D eigenvalue weighted by Crippen LogP contribution is 2.27. The number of hydrogen-bond acceptors (Lipinski definition) is 4. The van der Waals surface area contributed by atoms with Gasteiger partial charge in [-0.15, -0.1) is 0 Å². The van der Waals surface area contributed by atoms with Crippen LogP contribution in [-0.2, 0) is 0 Å². The molecule has 0 unspecified atom stereocenters. The van der Waals surface area contributed by atoms with Crippen molar-refractivity contribution in [2.75, 3.05) is 5.32 Å². The summed E-state index contributed by atoms with van der Waals surface area (Å²) < 4.78 is 0.658. The fourth-order valence-electron chi connectivity index (χ4n) is 1.64. The Hall–Kier alpha value is -2.12. The quantitative estimate of drug-likeness (QED) is 0.631. The average Bonchev–Trinajstić information content (AvgIpc) is 2.42. The maximum Gasteiger partial charge on any atom is 0.282 e. The van der Waals surface area contributed by atoms with E-state index in [0.717, 1.165) is 18.2 Å². The highest BCUT2D eigenvalue weighted by atomic mass is 79.9. The molecule has 1 amide bonds. The lowest BCUT2D eigenvalue weighted by molar-refractivity contribution is -0.385. The van der Waals surface area contributed by atoms with Gasteiger partial charge in [0.2, 0.25) is 0 Å². The first-order valence-electron chi connectivity index (χ1n) is 5.62. The Morgan fingerprint density at radius 2 is 2.00 bits per heavy atom. The Morgan fingerprint density at radius 1 is 1.29 bits per heavy atom. The normalized spacial score (nSPS) is 10.2. The van der Waals surface area contributed by atoms with Crippen LogP contribution in [0.25, 0.3) is 0 Å². The van der Waals surface area contributed by atoms with Crippen molar-refractivity contribution in [3.63, 3.8) is 0 Å². The molecule has 0 aliphatic heterocycles. The summed E-state index contributed by atoms with van der Waals surface area (Å²) >= 11 is 9.12. The lowest BCUT2D eigenvalue weighted by Gasteiger charge is -2.07. The van der Waals surface area contributed by atoms with E-state index >= 15 is 0 Å². The number of amides is 1. The van der Waals surface area contributed by atoms with Gasteiger partial charge in [0.1, 0.15) is 11.3 Å². The van der Waals surface area contributed by atoms with Crippen LogP contribution in [0.1, 0.15) is 10.4 Å². The molecule has 0 atom stereocenters. The molecule has 2 rings (SSSR count). The fourth-order valence-corrected chi connectivity index (χ4v) is 2.06. The van der Waals surface area contributed by atoms with Gasteiger partial charge in [-0.2, -0.15) is 0 Å². The third kappa shape index (κ3) is 3.50. The van der Waals surface area contributed by atoms with Gasteiger partial charge in [0.05, 0.1) is 9.95 Å². The summed E-state index contributed by atoms with van der Waals surface area (Å²) in [7, 11) is 0. The summed E-state index contributed by atoms with van der Waals surface area (Å²) in [5.74, 6) is -0.949. The summed E-state index contributed by atoms with van der Waals surface area (Å²) in [6.07, 6.45) is 0. The Morgan fingerprint density at radius 3 is 2.62 bits per heavy atom. The summed E-state index contributed by atoms with van der Waals surface area (Å²) in [5.41, 5.74) is -0.251. The zero-order valence-corrected chi connectivity index (χ0v) is 12.7. The monoisotopic (exact) mass is 370 g/mol. The Labute approximate surface area is 132 Å². The number of nitrogens with one attached hydrogen (secondary N) is 1. The maximum atomic E-state index is 12.1. The molecular formula is C13H8BrClN2O4. The van der Waals surface area contributed by atoms with Crippen molar-refractivity contribution in [1.29, 1.82) is 0 Å². The number of nitro groups is 1. The van der Waals surface area contributed by atoms with Crippen LogP contribution in [0.3, 0.4) is 0 Å². The third-order valence-corrected chi connectivity index (χ3v) is 3.83. The van der Waals surface area contributed by atoms with Crippen LogP contribution < -0.4 is 5.32 Å². The van der Waals surface area contributed by atoms with Gasteiger partial charge in [-0.05, 0) is 46.3 Å². The number of benzene rings is 2. The van der Waals surface area contributed by atoms with Crippen LogP contribution in [0.4, 0.5) is 11.4 Å². The van der Waals surface area contributed by atoms with Crippen molar-refractivity contribution in [1.82, 2.24) is 0 Å². The summed E-state index contributed by atoms with van der Waals surface area (Å²) in [4.78, 5) is 22.3. The average molecular weight is 372 g/mol. The number of nitro benzene ring substituents is 1. The van der Waals surface area contributed by atoms with Gasteiger partial charge in [-0.25, -0.2) is 0 Å². The molecule has 2 aromatic rings. The maximum absolute atomic E-state index is 12.1. The van der Waals surface area contributed by atoms with Crippen molar-refractivity contribution in [2.45, 2.75) is 0 Å². The van der Waals surface area contributed by atoms with Crippen molar-refractivity contribution in [3.8, 4) is 5.75 Å². The summed E-state index contributed by atoms with van der Waals surface area (Å²) in [6.45, 7) is 0. The standard InChI is InChI=1S/C13H8BrClN2O4/c14-10-3-1-7(5-11(10)15)16-13(19)9-6-8(18)2-4-12(9)17(20)21/h1-6,18H,(H,16,19). The molecule has 0 saturated carbocycles. The molecule has 8 heteroatoms. The first kappa shape index (κ1) is 15.3. The molecule has 21 heavy (non-hydrogen) atoms. The van der Waals surface area contributed by atoms with E-state index < -0.39 is 16.5 Å². The topological polar surface area (TPSA) is 92.5 Å². The van der Waals surface area contributed by atoms with Gasteiger partial charge in [-0.3, -0.25) is 14.9 Å². The SMILES string of the molecule is O=C(Nc1ccc(Br)c(Cl)c1)c1cc(O)ccc1[N+](=O)[O-]. The van der Waals surface area contributed by atoms with E-state index in [9.17, 15) is 20.0 Å². The molecule has 0 bridgehead atoms. The van der Waals surface area contributed by atoms with Crippen molar-refractivity contribution >= 4 is 44.8 Å². The molecule has 0 spiro atoms. The fraction of sp³-hybridized carbons (Fsp3) is 0. The van der Waals surface area contributed by atoms with Gasteiger partial charge in [-0.1, -0.05) is 11.6 Å². The zero-order valence-electron chi connectivity index (χ0n) is 10.3. The molecule has 2 N–H and O–H groups in total. The predicted octanol–water partition coefficient (Wildman–Crippen LogP) is 3.97. The number of hydrogen-bond donors (Lipinski definition) is 2. The number of carbonyl (C=O) groups excluding carboxylic acids is 1. The van der Waals surface area contributed by atoms with Gasteiger partial charge in [0.15, 0.2) is 0 Å². The van der Waals surface area contributed by atoms with E-state index in [2.05, 4.69) is 21.2 Å². The number of phenolic OH excluding ortho intramolecular Hbond substituents is 1. The lowest BCUT2D eigenvalue weighted by atomic mass is 10.1. The van der Waals surface area contributed by atoms with E-state index in [-0.39, 0.29) is 11.3 Å².